The molecule has 29 heavy (non-hydrogen) atoms. The minimum atomic E-state index is -3.70. The Kier molecular flexibility index (Phi) is 5.11. The molecule has 1 heterocycles. The molecule has 0 unspecified atom stereocenters. The van der Waals surface area contributed by atoms with E-state index in [-0.39, 0.29) is 12.8 Å². The molecule has 4 rings (SSSR count). The topological polar surface area (TPSA) is 76.4 Å². The van der Waals surface area contributed by atoms with Crippen LogP contribution in [0, 0.1) is 0 Å². The van der Waals surface area contributed by atoms with Crippen molar-refractivity contribution in [3.8, 4) is 11.1 Å². The minimum absolute atomic E-state index is 0.0554. The molecule has 0 fully saturated rings. The van der Waals surface area contributed by atoms with Gasteiger partial charge in [-0.05, 0) is 54.2 Å². The fourth-order valence-corrected chi connectivity index (χ4v) is 5.20. The second-order valence-electron chi connectivity index (χ2n) is 7.05. The average Bonchev–Trinajstić information content (AvgIpc) is 3.12. The van der Waals surface area contributed by atoms with Crippen LogP contribution < -0.4 is 0 Å². The van der Waals surface area contributed by atoms with E-state index in [0.29, 0.717) is 23.3 Å². The van der Waals surface area contributed by atoms with Gasteiger partial charge in [0.15, 0.2) is 0 Å². The highest BCUT2D eigenvalue weighted by Crippen LogP contribution is 2.32. The molecule has 0 spiro atoms. The Labute approximate surface area is 169 Å². The lowest BCUT2D eigenvalue weighted by molar-refractivity contribution is -0.136. The molecular formula is C23H21NO4S. The molecule has 1 aliphatic rings. The van der Waals surface area contributed by atoms with E-state index in [9.17, 15) is 13.2 Å². The molecule has 0 saturated heterocycles. The number of benzene rings is 2. The third kappa shape index (κ3) is 3.76. The molecule has 3 aromatic rings. The van der Waals surface area contributed by atoms with Gasteiger partial charge in [0.1, 0.15) is 0 Å². The number of allylic oxidation sites excluding steroid dienone is 4. The van der Waals surface area contributed by atoms with Crippen molar-refractivity contribution in [2.75, 3.05) is 0 Å². The normalized spacial score (nSPS) is 14.1. The van der Waals surface area contributed by atoms with Gasteiger partial charge in [-0.25, -0.2) is 12.4 Å². The summed E-state index contributed by atoms with van der Waals surface area (Å²) in [6.45, 7) is 0. The molecule has 0 aliphatic heterocycles. The summed E-state index contributed by atoms with van der Waals surface area (Å²) in [5, 5.41) is 9.88. The molecule has 0 radical (unpaired) electrons. The highest BCUT2D eigenvalue weighted by Gasteiger charge is 2.24. The molecule has 0 saturated carbocycles. The quantitative estimate of drug-likeness (QED) is 0.640. The molecule has 1 N–H and O–H groups in total. The lowest BCUT2D eigenvalue weighted by Gasteiger charge is -2.12. The molecule has 0 amide bonds. The van der Waals surface area contributed by atoms with Crippen molar-refractivity contribution < 1.29 is 18.3 Å². The zero-order chi connectivity index (χ0) is 20.4. The summed E-state index contributed by atoms with van der Waals surface area (Å²) in [5.41, 5.74) is 3.27. The van der Waals surface area contributed by atoms with Gasteiger partial charge >= 0.3 is 5.97 Å². The van der Waals surface area contributed by atoms with E-state index in [2.05, 4.69) is 0 Å². The van der Waals surface area contributed by atoms with Crippen molar-refractivity contribution in [3.63, 3.8) is 0 Å². The molecule has 1 aliphatic carbocycles. The summed E-state index contributed by atoms with van der Waals surface area (Å²) in [6, 6.07) is 15.5. The van der Waals surface area contributed by atoms with Crippen LogP contribution in [0.2, 0.25) is 0 Å². The summed E-state index contributed by atoms with van der Waals surface area (Å²) in [4.78, 5) is 11.5. The maximum Gasteiger partial charge on any atom is 0.303 e. The van der Waals surface area contributed by atoms with Gasteiger partial charge in [0.2, 0.25) is 0 Å². The van der Waals surface area contributed by atoms with E-state index >= 15 is 0 Å². The van der Waals surface area contributed by atoms with E-state index in [1.54, 1.807) is 24.4 Å². The molecule has 0 atom stereocenters. The number of carboxylic acids is 1. The SMILES string of the molecule is O=C(O)CCc1cn(S(=O)(=O)C2=CC=CCC2)c2ccc(-c3ccccc3)cc12. The largest absolute Gasteiger partial charge is 0.481 e. The van der Waals surface area contributed by atoms with Crippen LogP contribution >= 0.6 is 0 Å². The molecule has 148 valence electrons. The number of carboxylic acid groups (broad SMARTS) is 1. The zero-order valence-corrected chi connectivity index (χ0v) is 16.6. The van der Waals surface area contributed by atoms with Gasteiger partial charge in [0.25, 0.3) is 10.0 Å². The summed E-state index contributed by atoms with van der Waals surface area (Å²) in [7, 11) is -3.70. The van der Waals surface area contributed by atoms with Gasteiger partial charge in [-0.1, -0.05) is 48.6 Å². The Hall–Kier alpha value is -3.12. The van der Waals surface area contributed by atoms with E-state index in [0.717, 1.165) is 22.1 Å². The van der Waals surface area contributed by atoms with Crippen LogP contribution in [-0.2, 0) is 21.2 Å². The second-order valence-corrected chi connectivity index (χ2v) is 8.91. The predicted molar refractivity (Wildman–Crippen MR) is 114 cm³/mol. The summed E-state index contributed by atoms with van der Waals surface area (Å²) >= 11 is 0. The van der Waals surface area contributed by atoms with Crippen LogP contribution in [0.25, 0.3) is 22.0 Å². The summed E-state index contributed by atoms with van der Waals surface area (Å²) < 4.78 is 27.8. The van der Waals surface area contributed by atoms with Crippen molar-refractivity contribution in [1.82, 2.24) is 3.97 Å². The number of hydrogen-bond acceptors (Lipinski definition) is 3. The van der Waals surface area contributed by atoms with E-state index < -0.39 is 16.0 Å². The molecule has 1 aromatic heterocycles. The fraction of sp³-hybridized carbons (Fsp3) is 0.174. The molecule has 2 aromatic carbocycles. The second kappa shape index (κ2) is 7.72. The fourth-order valence-electron chi connectivity index (χ4n) is 3.64. The number of aliphatic carboxylic acids is 1. The first kappa shape index (κ1) is 19.2. The Balaban J connectivity index is 1.88. The smallest absolute Gasteiger partial charge is 0.303 e. The van der Waals surface area contributed by atoms with Crippen LogP contribution in [-0.4, -0.2) is 23.5 Å². The third-order valence-electron chi connectivity index (χ3n) is 5.13. The van der Waals surface area contributed by atoms with Crippen LogP contribution in [0.5, 0.6) is 0 Å². The average molecular weight is 407 g/mol. The minimum Gasteiger partial charge on any atom is -0.481 e. The van der Waals surface area contributed by atoms with E-state index in [4.69, 9.17) is 5.11 Å². The number of aromatic nitrogens is 1. The van der Waals surface area contributed by atoms with Crippen molar-refractivity contribution >= 4 is 26.9 Å². The highest BCUT2D eigenvalue weighted by atomic mass is 32.2. The van der Waals surface area contributed by atoms with Crippen LogP contribution in [0.3, 0.4) is 0 Å². The molecule has 0 bridgehead atoms. The van der Waals surface area contributed by atoms with Gasteiger partial charge < -0.3 is 5.11 Å². The third-order valence-corrected chi connectivity index (χ3v) is 6.96. The number of nitrogens with zero attached hydrogens (tertiary/aromatic N) is 1. The molecule has 5 nitrogen and oxygen atoms in total. The van der Waals surface area contributed by atoms with Gasteiger partial charge in [-0.2, -0.15) is 0 Å². The highest BCUT2D eigenvalue weighted by molar-refractivity contribution is 7.94. The number of fused-ring (bicyclic) bond motifs is 1. The molecular weight excluding hydrogens is 386 g/mol. The van der Waals surface area contributed by atoms with Gasteiger partial charge in [0, 0.05) is 18.0 Å². The Morgan fingerprint density at radius 1 is 1.07 bits per heavy atom. The van der Waals surface area contributed by atoms with Crippen molar-refractivity contribution in [2.24, 2.45) is 0 Å². The lowest BCUT2D eigenvalue weighted by Crippen LogP contribution is -2.14. The van der Waals surface area contributed by atoms with Gasteiger partial charge in [-0.3, -0.25) is 4.79 Å². The standard InChI is InChI=1S/C23H21NO4S/c25-23(26)14-12-19-16-24(29(27,28)20-9-5-2-6-10-20)22-13-11-18(15-21(19)22)17-7-3-1-4-8-17/h1-5,7-9,11,13,15-16H,6,10,12,14H2,(H,25,26). The van der Waals surface area contributed by atoms with Crippen molar-refractivity contribution in [3.05, 3.63) is 83.4 Å². The summed E-state index contributed by atoms with van der Waals surface area (Å²) in [6.07, 6.45) is 8.29. The van der Waals surface area contributed by atoms with Crippen molar-refractivity contribution in [2.45, 2.75) is 25.7 Å². The zero-order valence-electron chi connectivity index (χ0n) is 15.8. The van der Waals surface area contributed by atoms with Gasteiger partial charge in [-0.15, -0.1) is 0 Å². The van der Waals surface area contributed by atoms with Crippen LogP contribution in [0.1, 0.15) is 24.8 Å². The summed E-state index contributed by atoms with van der Waals surface area (Å²) in [5.74, 6) is -0.909. The first-order chi connectivity index (χ1) is 14.0. The van der Waals surface area contributed by atoms with Crippen LogP contribution in [0.15, 0.2) is 77.9 Å². The molecule has 6 heteroatoms. The van der Waals surface area contributed by atoms with Crippen molar-refractivity contribution in [1.29, 1.82) is 0 Å². The van der Waals surface area contributed by atoms with E-state index in [1.807, 2.05) is 48.5 Å². The van der Waals surface area contributed by atoms with Gasteiger partial charge in [0.05, 0.1) is 10.4 Å². The number of rotatable bonds is 6. The van der Waals surface area contributed by atoms with Crippen LogP contribution in [0.4, 0.5) is 0 Å². The lowest BCUT2D eigenvalue weighted by atomic mass is 10.0. The number of aryl methyl sites for hydroxylation is 1. The number of carbonyl (C=O) groups is 1. The maximum atomic E-state index is 13.3. The first-order valence-electron chi connectivity index (χ1n) is 9.49. The Morgan fingerprint density at radius 3 is 2.55 bits per heavy atom. The predicted octanol–water partition coefficient (Wildman–Crippen LogP) is 4.74. The Bertz CT molecular complexity index is 1230. The Morgan fingerprint density at radius 2 is 1.86 bits per heavy atom. The monoisotopic (exact) mass is 407 g/mol. The first-order valence-corrected chi connectivity index (χ1v) is 10.9. The van der Waals surface area contributed by atoms with E-state index in [1.165, 1.54) is 3.97 Å². The number of hydrogen-bond donors (Lipinski definition) is 1. The maximum absolute atomic E-state index is 13.3.